The van der Waals surface area contributed by atoms with Gasteiger partial charge in [-0.25, -0.2) is 4.98 Å². The summed E-state index contributed by atoms with van der Waals surface area (Å²) >= 11 is 3.14. The van der Waals surface area contributed by atoms with Crippen molar-refractivity contribution < 1.29 is 0 Å². The molecule has 0 atom stereocenters. The molecular formula is C16H11N3S2. The molecule has 3 rings (SSSR count). The summed E-state index contributed by atoms with van der Waals surface area (Å²) in [7, 11) is 0. The molecule has 5 heteroatoms. The van der Waals surface area contributed by atoms with Crippen molar-refractivity contribution in [2.75, 3.05) is 5.73 Å². The predicted molar refractivity (Wildman–Crippen MR) is 87.2 cm³/mol. The highest BCUT2D eigenvalue weighted by molar-refractivity contribution is 8.01. The minimum absolute atomic E-state index is 0.500. The van der Waals surface area contributed by atoms with Crippen LogP contribution in [0.5, 0.6) is 0 Å². The van der Waals surface area contributed by atoms with E-state index in [1.54, 1.807) is 35.2 Å². The third-order valence-electron chi connectivity index (χ3n) is 2.90. The Morgan fingerprint density at radius 1 is 1.14 bits per heavy atom. The molecule has 0 bridgehead atoms. The Balaban J connectivity index is 1.84. The maximum atomic E-state index is 9.01. The van der Waals surface area contributed by atoms with E-state index in [0.717, 1.165) is 20.5 Å². The fraction of sp³-hybridized carbons (Fsp3) is 0. The molecule has 0 aliphatic heterocycles. The molecule has 2 aromatic carbocycles. The van der Waals surface area contributed by atoms with Gasteiger partial charge in [-0.1, -0.05) is 42.1 Å². The van der Waals surface area contributed by atoms with Crippen molar-refractivity contribution >= 4 is 28.8 Å². The van der Waals surface area contributed by atoms with Crippen LogP contribution in [0.4, 0.5) is 5.69 Å². The number of anilines is 1. The van der Waals surface area contributed by atoms with Crippen molar-refractivity contribution in [2.45, 2.75) is 9.24 Å². The van der Waals surface area contributed by atoms with Crippen LogP contribution in [0, 0.1) is 11.3 Å². The third kappa shape index (κ3) is 3.07. The first-order valence-corrected chi connectivity index (χ1v) is 7.94. The molecule has 21 heavy (non-hydrogen) atoms. The highest BCUT2D eigenvalue weighted by Crippen LogP contribution is 2.34. The van der Waals surface area contributed by atoms with Gasteiger partial charge in [-0.05, 0) is 18.2 Å². The van der Waals surface area contributed by atoms with E-state index in [-0.39, 0.29) is 0 Å². The number of nitrogens with zero attached hydrogens (tertiary/aromatic N) is 2. The van der Waals surface area contributed by atoms with Crippen molar-refractivity contribution in [1.29, 1.82) is 5.26 Å². The van der Waals surface area contributed by atoms with Crippen LogP contribution in [0.1, 0.15) is 5.56 Å². The predicted octanol–water partition coefficient (Wildman–Crippen LogP) is 4.42. The maximum Gasteiger partial charge on any atom is 0.155 e. The molecule has 0 spiro atoms. The van der Waals surface area contributed by atoms with Crippen LogP contribution in [0.25, 0.3) is 11.3 Å². The third-order valence-corrected chi connectivity index (χ3v) is 4.83. The van der Waals surface area contributed by atoms with Gasteiger partial charge in [-0.2, -0.15) is 5.26 Å². The summed E-state index contributed by atoms with van der Waals surface area (Å²) < 4.78 is 0.947. The quantitative estimate of drug-likeness (QED) is 0.728. The van der Waals surface area contributed by atoms with E-state index in [4.69, 9.17) is 11.0 Å². The summed E-state index contributed by atoms with van der Waals surface area (Å²) in [5.74, 6) is 0. The van der Waals surface area contributed by atoms with Crippen molar-refractivity contribution in [1.82, 2.24) is 4.98 Å². The molecule has 0 unspecified atom stereocenters. The smallest absolute Gasteiger partial charge is 0.155 e. The number of thiazole rings is 1. The Kier molecular flexibility index (Phi) is 3.91. The van der Waals surface area contributed by atoms with Crippen LogP contribution >= 0.6 is 23.1 Å². The molecule has 3 nitrogen and oxygen atoms in total. The molecule has 1 aromatic heterocycles. The maximum absolute atomic E-state index is 9.01. The first kappa shape index (κ1) is 13.7. The topological polar surface area (TPSA) is 62.7 Å². The zero-order chi connectivity index (χ0) is 14.7. The van der Waals surface area contributed by atoms with Gasteiger partial charge in [0.2, 0.25) is 0 Å². The van der Waals surface area contributed by atoms with Gasteiger partial charge in [0, 0.05) is 21.5 Å². The summed E-state index contributed by atoms with van der Waals surface area (Å²) in [6, 6.07) is 17.6. The summed E-state index contributed by atoms with van der Waals surface area (Å²) in [5.41, 5.74) is 8.81. The number of hydrogen-bond donors (Lipinski definition) is 1. The van der Waals surface area contributed by atoms with Gasteiger partial charge in [-0.15, -0.1) is 11.3 Å². The molecule has 0 aliphatic carbocycles. The molecule has 0 fully saturated rings. The fourth-order valence-corrected chi connectivity index (χ4v) is 3.68. The molecule has 0 saturated carbocycles. The SMILES string of the molecule is N#Cc1cc(Sc2nc(-c3ccccc3)cs2)ccc1N. The normalized spacial score (nSPS) is 10.2. The summed E-state index contributed by atoms with van der Waals surface area (Å²) in [4.78, 5) is 5.59. The molecule has 2 N–H and O–H groups in total. The Morgan fingerprint density at radius 3 is 2.71 bits per heavy atom. The van der Waals surface area contributed by atoms with Crippen LogP contribution in [0.2, 0.25) is 0 Å². The lowest BCUT2D eigenvalue weighted by atomic mass is 10.2. The zero-order valence-electron chi connectivity index (χ0n) is 11.0. The van der Waals surface area contributed by atoms with Crippen LogP contribution in [-0.2, 0) is 0 Å². The second-order valence-corrected chi connectivity index (χ2v) is 6.51. The van der Waals surface area contributed by atoms with E-state index >= 15 is 0 Å². The van der Waals surface area contributed by atoms with Gasteiger partial charge < -0.3 is 5.73 Å². The Labute approximate surface area is 131 Å². The van der Waals surface area contributed by atoms with E-state index in [2.05, 4.69) is 11.1 Å². The molecule has 1 heterocycles. The number of nitriles is 1. The molecule has 102 valence electrons. The zero-order valence-corrected chi connectivity index (χ0v) is 12.6. The lowest BCUT2D eigenvalue weighted by Gasteiger charge is -2.01. The van der Waals surface area contributed by atoms with Crippen molar-refractivity contribution in [3.8, 4) is 17.3 Å². The Hall–Kier alpha value is -2.29. The van der Waals surface area contributed by atoms with E-state index in [1.165, 1.54) is 0 Å². The first-order chi connectivity index (χ1) is 10.3. The molecule has 0 amide bonds. The summed E-state index contributed by atoms with van der Waals surface area (Å²) in [6.07, 6.45) is 0. The minimum Gasteiger partial charge on any atom is -0.398 e. The Bertz CT molecular complexity index is 804. The molecule has 3 aromatic rings. The molecule has 0 saturated heterocycles. The summed E-state index contributed by atoms with van der Waals surface area (Å²) in [5, 5.41) is 11.1. The first-order valence-electron chi connectivity index (χ1n) is 6.24. The largest absolute Gasteiger partial charge is 0.398 e. The van der Waals surface area contributed by atoms with Crippen LogP contribution in [-0.4, -0.2) is 4.98 Å². The van der Waals surface area contributed by atoms with Crippen molar-refractivity contribution in [3.63, 3.8) is 0 Å². The van der Waals surface area contributed by atoms with Gasteiger partial charge in [0.25, 0.3) is 0 Å². The van der Waals surface area contributed by atoms with E-state index in [1.807, 2.05) is 41.8 Å². The van der Waals surface area contributed by atoms with Gasteiger partial charge >= 0.3 is 0 Å². The minimum atomic E-state index is 0.500. The number of hydrogen-bond acceptors (Lipinski definition) is 5. The second-order valence-electron chi connectivity index (χ2n) is 4.33. The van der Waals surface area contributed by atoms with Gasteiger partial charge in [0.15, 0.2) is 4.34 Å². The van der Waals surface area contributed by atoms with E-state index in [9.17, 15) is 0 Å². The monoisotopic (exact) mass is 309 g/mol. The number of nitrogens with two attached hydrogens (primary N) is 1. The van der Waals surface area contributed by atoms with Crippen molar-refractivity contribution in [2.24, 2.45) is 0 Å². The van der Waals surface area contributed by atoms with Crippen LogP contribution in [0.15, 0.2) is 63.1 Å². The van der Waals surface area contributed by atoms with Crippen LogP contribution < -0.4 is 5.73 Å². The average Bonchev–Trinajstić information content (AvgIpc) is 2.98. The molecular weight excluding hydrogens is 298 g/mol. The van der Waals surface area contributed by atoms with E-state index < -0.39 is 0 Å². The van der Waals surface area contributed by atoms with E-state index in [0.29, 0.717) is 11.3 Å². The number of rotatable bonds is 3. The standard InChI is InChI=1S/C16H11N3S2/c17-9-12-8-13(6-7-14(12)18)21-16-19-15(10-20-16)11-4-2-1-3-5-11/h1-8,10H,18H2. The van der Waals surface area contributed by atoms with Gasteiger partial charge in [-0.3, -0.25) is 0 Å². The average molecular weight is 309 g/mol. The van der Waals surface area contributed by atoms with Gasteiger partial charge in [0.05, 0.1) is 11.3 Å². The number of aromatic nitrogens is 1. The highest BCUT2D eigenvalue weighted by Gasteiger charge is 2.07. The van der Waals surface area contributed by atoms with Gasteiger partial charge in [0.1, 0.15) is 6.07 Å². The second kappa shape index (κ2) is 6.00. The summed E-state index contributed by atoms with van der Waals surface area (Å²) in [6.45, 7) is 0. The van der Waals surface area contributed by atoms with Crippen LogP contribution in [0.3, 0.4) is 0 Å². The lowest BCUT2D eigenvalue weighted by molar-refractivity contribution is 1.25. The van der Waals surface area contributed by atoms with Crippen molar-refractivity contribution in [3.05, 3.63) is 59.5 Å². The highest BCUT2D eigenvalue weighted by atomic mass is 32.2. The number of benzene rings is 2. The Morgan fingerprint density at radius 2 is 1.95 bits per heavy atom. The molecule has 0 radical (unpaired) electrons. The number of nitrogen functional groups attached to an aromatic ring is 1. The lowest BCUT2D eigenvalue weighted by Crippen LogP contribution is -1.89. The fourth-order valence-electron chi connectivity index (χ4n) is 1.84. The molecule has 0 aliphatic rings.